The van der Waals surface area contributed by atoms with Gasteiger partial charge >= 0.3 is 0 Å². The van der Waals surface area contributed by atoms with Gasteiger partial charge in [-0.2, -0.15) is 0 Å². The van der Waals surface area contributed by atoms with E-state index in [0.717, 1.165) is 0 Å². The van der Waals surface area contributed by atoms with Gasteiger partial charge in [-0.05, 0) is 50.5 Å². The summed E-state index contributed by atoms with van der Waals surface area (Å²) in [5.41, 5.74) is 2.76. The number of likely N-dealkylation sites (N-methyl/N-ethyl adjacent to an activating group) is 1. The number of hydrogen-bond acceptors (Lipinski definition) is 2. The average Bonchev–Trinajstić information content (AvgIpc) is 2.89. The number of nitrogens with zero attached hydrogens (tertiary/aromatic N) is 1. The van der Waals surface area contributed by atoms with Gasteiger partial charge in [0, 0.05) is 28.5 Å². The summed E-state index contributed by atoms with van der Waals surface area (Å²) < 4.78 is 0. The molecule has 0 bridgehead atoms. The molecule has 1 atom stereocenters. The third kappa shape index (κ3) is 3.76. The molecule has 1 aliphatic heterocycles. The van der Waals surface area contributed by atoms with Crippen molar-refractivity contribution in [2.24, 2.45) is 0 Å². The number of hydrogen-bond donors (Lipinski definition) is 0. The van der Waals surface area contributed by atoms with Gasteiger partial charge in [-0.3, -0.25) is 0 Å². The summed E-state index contributed by atoms with van der Waals surface area (Å²) in [5, 5.41) is 0. The molecule has 0 N–H and O–H groups in total. The van der Waals surface area contributed by atoms with E-state index in [0.29, 0.717) is 6.04 Å². The molecule has 20 heavy (non-hydrogen) atoms. The van der Waals surface area contributed by atoms with Crippen LogP contribution in [0.25, 0.3) is 5.57 Å². The number of rotatable bonds is 6. The largest absolute Gasteiger partial charge is 0.372 e. The number of unbranched alkanes of at least 4 members (excludes halogenated alkanes) is 3. The minimum atomic E-state index is 0.491. The van der Waals surface area contributed by atoms with E-state index in [1.807, 2.05) is 11.3 Å². The Morgan fingerprint density at radius 2 is 2.00 bits per heavy atom. The normalized spacial score (nSPS) is 19.0. The van der Waals surface area contributed by atoms with Gasteiger partial charge in [-0.15, -0.1) is 11.3 Å². The Labute approximate surface area is 128 Å². The molecule has 0 amide bonds. The zero-order valence-corrected chi connectivity index (χ0v) is 14.1. The van der Waals surface area contributed by atoms with Gasteiger partial charge in [0.1, 0.15) is 0 Å². The molecule has 0 aliphatic carbocycles. The highest BCUT2D eigenvalue weighted by molar-refractivity contribution is 7.13. The number of aryl methyl sites for hydroxylation is 1. The van der Waals surface area contributed by atoms with Crippen LogP contribution in [0.4, 0.5) is 0 Å². The first-order chi connectivity index (χ1) is 9.61. The highest BCUT2D eigenvalue weighted by atomic mass is 32.1. The zero-order chi connectivity index (χ0) is 14.5. The zero-order valence-electron chi connectivity index (χ0n) is 13.3. The van der Waals surface area contributed by atoms with Crippen LogP contribution >= 0.6 is 11.3 Å². The maximum Gasteiger partial charge on any atom is 0.0447 e. The smallest absolute Gasteiger partial charge is 0.0447 e. The van der Waals surface area contributed by atoms with Crippen molar-refractivity contribution in [3.63, 3.8) is 0 Å². The minimum absolute atomic E-state index is 0.491. The summed E-state index contributed by atoms with van der Waals surface area (Å²) in [6.07, 6.45) is 11.3. The van der Waals surface area contributed by atoms with Crippen molar-refractivity contribution in [2.45, 2.75) is 58.9 Å². The Bertz CT molecular complexity index is 495. The molecule has 2 rings (SSSR count). The number of allylic oxidation sites excluding steroid dienone is 3. The summed E-state index contributed by atoms with van der Waals surface area (Å²) in [7, 11) is 2.16. The topological polar surface area (TPSA) is 3.24 Å². The van der Waals surface area contributed by atoms with E-state index in [9.17, 15) is 0 Å². The van der Waals surface area contributed by atoms with Crippen LogP contribution in [0.1, 0.15) is 56.2 Å². The molecule has 0 saturated heterocycles. The third-order valence-electron chi connectivity index (χ3n) is 4.18. The van der Waals surface area contributed by atoms with Gasteiger partial charge in [0.25, 0.3) is 0 Å². The van der Waals surface area contributed by atoms with Gasteiger partial charge in [0.15, 0.2) is 0 Å². The van der Waals surface area contributed by atoms with Crippen molar-refractivity contribution in [1.29, 1.82) is 0 Å². The summed E-state index contributed by atoms with van der Waals surface area (Å²) in [6.45, 7) is 6.73. The molecule has 0 radical (unpaired) electrons. The quantitative estimate of drug-likeness (QED) is 0.626. The Kier molecular flexibility index (Phi) is 5.47. The molecule has 2 heterocycles. The first-order valence-electron chi connectivity index (χ1n) is 7.84. The Hall–Kier alpha value is -1.02. The van der Waals surface area contributed by atoms with E-state index in [1.165, 1.54) is 53.1 Å². The lowest BCUT2D eigenvalue weighted by molar-refractivity contribution is 0.370. The predicted molar refractivity (Wildman–Crippen MR) is 91.1 cm³/mol. The second kappa shape index (κ2) is 7.12. The molecule has 110 valence electrons. The van der Waals surface area contributed by atoms with E-state index < -0.39 is 0 Å². The lowest BCUT2D eigenvalue weighted by Gasteiger charge is -2.29. The molecular weight excluding hydrogens is 262 g/mol. The molecule has 2 heteroatoms. The monoisotopic (exact) mass is 289 g/mol. The van der Waals surface area contributed by atoms with Crippen molar-refractivity contribution in [2.75, 3.05) is 7.05 Å². The van der Waals surface area contributed by atoms with Crippen LogP contribution in [0.5, 0.6) is 0 Å². The molecule has 1 aliphatic rings. The first kappa shape index (κ1) is 15.4. The van der Waals surface area contributed by atoms with Gasteiger partial charge in [-0.1, -0.05) is 32.3 Å². The van der Waals surface area contributed by atoms with Crippen molar-refractivity contribution in [3.8, 4) is 0 Å². The molecule has 1 unspecified atom stereocenters. The molecule has 0 fully saturated rings. The molecule has 0 aromatic carbocycles. The lowest BCUT2D eigenvalue weighted by atomic mass is 10.0. The fraction of sp³-hybridized carbons (Fsp3) is 0.556. The highest BCUT2D eigenvalue weighted by Gasteiger charge is 2.15. The summed E-state index contributed by atoms with van der Waals surface area (Å²) in [4.78, 5) is 5.28. The van der Waals surface area contributed by atoms with Crippen molar-refractivity contribution >= 4 is 16.9 Å². The molecule has 1 aromatic heterocycles. The van der Waals surface area contributed by atoms with Gasteiger partial charge in [-0.25, -0.2) is 0 Å². The van der Waals surface area contributed by atoms with Crippen LogP contribution < -0.4 is 0 Å². The van der Waals surface area contributed by atoms with Gasteiger partial charge < -0.3 is 4.90 Å². The molecule has 1 nitrogen and oxygen atoms in total. The maximum atomic E-state index is 2.37. The summed E-state index contributed by atoms with van der Waals surface area (Å²) in [6, 6.07) is 5.11. The van der Waals surface area contributed by atoms with Crippen LogP contribution in [0.3, 0.4) is 0 Å². The fourth-order valence-corrected chi connectivity index (χ4v) is 3.66. The van der Waals surface area contributed by atoms with E-state index in [4.69, 9.17) is 0 Å². The van der Waals surface area contributed by atoms with E-state index >= 15 is 0 Å². The molecular formula is C18H27NS. The molecule has 1 aromatic rings. The maximum absolute atomic E-state index is 2.37. The van der Waals surface area contributed by atoms with E-state index in [2.05, 4.69) is 57.0 Å². The first-order valence-corrected chi connectivity index (χ1v) is 8.65. The van der Waals surface area contributed by atoms with Gasteiger partial charge in [0.2, 0.25) is 0 Å². The van der Waals surface area contributed by atoms with Crippen molar-refractivity contribution in [3.05, 3.63) is 39.7 Å². The van der Waals surface area contributed by atoms with E-state index in [-0.39, 0.29) is 0 Å². The molecule has 0 spiro atoms. The second-order valence-corrected chi connectivity index (χ2v) is 7.00. The standard InChI is InChI=1S/C18H27NS/c1-5-6-7-8-9-17-10-11-18(20-17)16-12-14(2)19(4)15(3)13-16/h10-14H,5-9H2,1-4H3. The van der Waals surface area contributed by atoms with Crippen LogP contribution in [-0.4, -0.2) is 18.0 Å². The number of thiophene rings is 1. The Morgan fingerprint density at radius 3 is 2.70 bits per heavy atom. The summed E-state index contributed by atoms with van der Waals surface area (Å²) in [5.74, 6) is 0. The van der Waals surface area contributed by atoms with Crippen molar-refractivity contribution in [1.82, 2.24) is 4.90 Å². The van der Waals surface area contributed by atoms with Crippen LogP contribution in [0.15, 0.2) is 30.0 Å². The second-order valence-electron chi connectivity index (χ2n) is 5.84. The van der Waals surface area contributed by atoms with Crippen molar-refractivity contribution < 1.29 is 0 Å². The third-order valence-corrected chi connectivity index (χ3v) is 5.37. The predicted octanol–water partition coefficient (Wildman–Crippen LogP) is 5.49. The SMILES string of the molecule is CCCCCCc1ccc(C2=CC(C)N(C)C(C)=C2)s1. The summed E-state index contributed by atoms with van der Waals surface area (Å²) >= 11 is 1.97. The van der Waals surface area contributed by atoms with Gasteiger partial charge in [0.05, 0.1) is 0 Å². The minimum Gasteiger partial charge on any atom is -0.372 e. The highest BCUT2D eigenvalue weighted by Crippen LogP contribution is 2.31. The average molecular weight is 289 g/mol. The fourth-order valence-electron chi connectivity index (χ4n) is 2.61. The van der Waals surface area contributed by atoms with Crippen LogP contribution in [-0.2, 0) is 6.42 Å². The lowest BCUT2D eigenvalue weighted by Crippen LogP contribution is -2.28. The Balaban J connectivity index is 2.00. The Morgan fingerprint density at radius 1 is 1.20 bits per heavy atom. The molecule has 0 saturated carbocycles. The van der Waals surface area contributed by atoms with E-state index in [1.54, 1.807) is 0 Å². The van der Waals surface area contributed by atoms with Crippen LogP contribution in [0, 0.1) is 0 Å². The van der Waals surface area contributed by atoms with Crippen LogP contribution in [0.2, 0.25) is 0 Å².